The van der Waals surface area contributed by atoms with Gasteiger partial charge < -0.3 is 14.2 Å². The molecule has 0 bridgehead atoms. The van der Waals surface area contributed by atoms with Crippen molar-refractivity contribution in [3.63, 3.8) is 0 Å². The third-order valence-electron chi connectivity index (χ3n) is 11.1. The minimum absolute atomic E-state index is 0.0765. The van der Waals surface area contributed by atoms with Gasteiger partial charge in [0.2, 0.25) is 0 Å². The van der Waals surface area contributed by atoms with Crippen LogP contribution in [0.2, 0.25) is 0 Å². The molecule has 0 saturated carbocycles. The molecule has 0 aliphatic heterocycles. The summed E-state index contributed by atoms with van der Waals surface area (Å²) in [5, 5.41) is 0. The van der Waals surface area contributed by atoms with Crippen molar-refractivity contribution in [3.05, 3.63) is 48.6 Å². The first-order chi connectivity index (χ1) is 29.5. The Morgan fingerprint density at radius 2 is 0.650 bits per heavy atom. The van der Waals surface area contributed by atoms with Crippen LogP contribution in [0.3, 0.4) is 0 Å². The van der Waals surface area contributed by atoms with Crippen molar-refractivity contribution < 1.29 is 28.6 Å². The van der Waals surface area contributed by atoms with Crippen molar-refractivity contribution in [2.45, 2.75) is 264 Å². The van der Waals surface area contributed by atoms with Gasteiger partial charge in [-0.05, 0) is 57.8 Å². The Morgan fingerprint density at radius 1 is 0.350 bits per heavy atom. The summed E-state index contributed by atoms with van der Waals surface area (Å²) in [5.74, 6) is -0.896. The maximum absolute atomic E-state index is 12.7. The van der Waals surface area contributed by atoms with Crippen LogP contribution in [0.15, 0.2) is 48.6 Å². The van der Waals surface area contributed by atoms with E-state index in [1.165, 1.54) is 122 Å². The van der Waals surface area contributed by atoms with Crippen LogP contribution in [0.5, 0.6) is 0 Å². The van der Waals surface area contributed by atoms with Gasteiger partial charge in [0, 0.05) is 19.3 Å². The van der Waals surface area contributed by atoms with Gasteiger partial charge in [0.1, 0.15) is 13.2 Å². The summed E-state index contributed by atoms with van der Waals surface area (Å²) in [6, 6.07) is 0. The lowest BCUT2D eigenvalue weighted by Crippen LogP contribution is -2.30. The predicted octanol–water partition coefficient (Wildman–Crippen LogP) is 16.7. The van der Waals surface area contributed by atoms with Gasteiger partial charge in [0.15, 0.2) is 6.10 Å². The Kier molecular flexibility index (Phi) is 46.9. The van der Waals surface area contributed by atoms with E-state index in [4.69, 9.17) is 14.2 Å². The maximum atomic E-state index is 12.7. The molecular weight excluding hydrogens is 745 g/mol. The van der Waals surface area contributed by atoms with E-state index in [2.05, 4.69) is 69.4 Å². The third kappa shape index (κ3) is 46.4. The fraction of sp³-hybridized carbons (Fsp3) is 0.796. The minimum Gasteiger partial charge on any atom is -0.462 e. The second kappa shape index (κ2) is 49.0. The minimum atomic E-state index is -0.772. The Morgan fingerprint density at radius 3 is 1.02 bits per heavy atom. The normalized spacial score (nSPS) is 12.4. The monoisotopic (exact) mass is 841 g/mol. The lowest BCUT2D eigenvalue weighted by molar-refractivity contribution is -0.167. The molecule has 0 aromatic heterocycles. The maximum Gasteiger partial charge on any atom is 0.306 e. The molecule has 0 aliphatic rings. The molecule has 0 saturated heterocycles. The van der Waals surface area contributed by atoms with Crippen molar-refractivity contribution >= 4 is 17.9 Å². The number of ether oxygens (including phenoxy) is 3. The van der Waals surface area contributed by atoms with Crippen molar-refractivity contribution in [1.82, 2.24) is 0 Å². The second-order valence-electron chi connectivity index (χ2n) is 17.1. The van der Waals surface area contributed by atoms with Crippen LogP contribution >= 0.6 is 0 Å². The van der Waals surface area contributed by atoms with E-state index in [9.17, 15) is 14.4 Å². The van der Waals surface area contributed by atoms with E-state index in [1.54, 1.807) is 0 Å². The van der Waals surface area contributed by atoms with Gasteiger partial charge in [0.25, 0.3) is 0 Å². The van der Waals surface area contributed by atoms with Crippen molar-refractivity contribution in [1.29, 1.82) is 0 Å². The molecule has 6 heteroatoms. The van der Waals surface area contributed by atoms with E-state index in [0.717, 1.165) is 96.3 Å². The standard InChI is InChI=1S/C54H96O6/c1-4-7-10-13-15-17-19-21-23-25-27-29-30-32-34-36-38-41-44-47-53(56)59-50-51(49-58-52(55)46-43-40-12-9-6-3)60-54(57)48-45-42-39-37-35-33-31-28-26-24-22-20-18-16-14-11-8-5-2/h7,10,15,17,21,23,27,29,51H,4-6,8-9,11-14,16,18-20,22,24-26,28,30-50H2,1-3H3/b10-7-,17-15-,23-21-,29-27-. The average molecular weight is 841 g/mol. The van der Waals surface area contributed by atoms with Crippen LogP contribution in [0, 0.1) is 0 Å². The third-order valence-corrected chi connectivity index (χ3v) is 11.1. The van der Waals surface area contributed by atoms with E-state index < -0.39 is 6.10 Å². The number of allylic oxidation sites excluding steroid dienone is 8. The zero-order valence-electron chi connectivity index (χ0n) is 39.7. The van der Waals surface area contributed by atoms with Crippen molar-refractivity contribution in [2.24, 2.45) is 0 Å². The summed E-state index contributed by atoms with van der Waals surface area (Å²) < 4.78 is 16.7. The Hall–Kier alpha value is -2.63. The second-order valence-corrected chi connectivity index (χ2v) is 17.1. The fourth-order valence-electron chi connectivity index (χ4n) is 7.26. The van der Waals surface area contributed by atoms with Crippen molar-refractivity contribution in [3.8, 4) is 0 Å². The predicted molar refractivity (Wildman–Crippen MR) is 256 cm³/mol. The molecule has 60 heavy (non-hydrogen) atoms. The quantitative estimate of drug-likeness (QED) is 0.0263. The highest BCUT2D eigenvalue weighted by Gasteiger charge is 2.19. The summed E-state index contributed by atoms with van der Waals surface area (Å²) in [6.45, 7) is 6.45. The molecule has 6 nitrogen and oxygen atoms in total. The van der Waals surface area contributed by atoms with Crippen LogP contribution in [-0.2, 0) is 28.6 Å². The van der Waals surface area contributed by atoms with E-state index >= 15 is 0 Å². The van der Waals surface area contributed by atoms with E-state index in [0.29, 0.717) is 19.3 Å². The summed E-state index contributed by atoms with van der Waals surface area (Å²) in [6.07, 6.45) is 58.5. The zero-order chi connectivity index (χ0) is 43.7. The highest BCUT2D eigenvalue weighted by molar-refractivity contribution is 5.71. The Balaban J connectivity index is 4.17. The van der Waals surface area contributed by atoms with E-state index in [1.807, 2.05) is 0 Å². The van der Waals surface area contributed by atoms with Crippen LogP contribution in [0.25, 0.3) is 0 Å². The molecule has 0 fully saturated rings. The number of unbranched alkanes of at least 4 members (excludes halogenated alkanes) is 27. The molecule has 0 spiro atoms. The lowest BCUT2D eigenvalue weighted by Gasteiger charge is -2.18. The molecule has 0 amide bonds. The number of carbonyl (C=O) groups excluding carboxylic acids is 3. The molecule has 0 N–H and O–H groups in total. The molecule has 0 rings (SSSR count). The van der Waals surface area contributed by atoms with Gasteiger partial charge in [-0.1, -0.05) is 230 Å². The molecule has 348 valence electrons. The van der Waals surface area contributed by atoms with Crippen LogP contribution in [0.4, 0.5) is 0 Å². The van der Waals surface area contributed by atoms with Gasteiger partial charge in [-0.25, -0.2) is 0 Å². The molecule has 0 aliphatic carbocycles. The first kappa shape index (κ1) is 57.4. The highest BCUT2D eigenvalue weighted by Crippen LogP contribution is 2.16. The smallest absolute Gasteiger partial charge is 0.306 e. The van der Waals surface area contributed by atoms with Gasteiger partial charge >= 0.3 is 17.9 Å². The number of esters is 3. The SMILES string of the molecule is CC/C=C\C/C=C\C/C=C\C/C=C\CCCCCCCCC(=O)OCC(COC(=O)CCCCCCC)OC(=O)CCCCCCCCCCCCCCCCCCCC. The van der Waals surface area contributed by atoms with Crippen LogP contribution < -0.4 is 0 Å². The fourth-order valence-corrected chi connectivity index (χ4v) is 7.26. The van der Waals surface area contributed by atoms with Crippen molar-refractivity contribution in [2.75, 3.05) is 13.2 Å². The topological polar surface area (TPSA) is 78.9 Å². The summed E-state index contributed by atoms with van der Waals surface area (Å²) in [7, 11) is 0. The van der Waals surface area contributed by atoms with Gasteiger partial charge in [-0.15, -0.1) is 0 Å². The molecule has 0 heterocycles. The molecule has 1 unspecified atom stereocenters. The van der Waals surface area contributed by atoms with Gasteiger partial charge in [0.05, 0.1) is 0 Å². The number of hydrogen-bond donors (Lipinski definition) is 0. The number of carbonyl (C=O) groups is 3. The highest BCUT2D eigenvalue weighted by atomic mass is 16.6. The molecule has 1 atom stereocenters. The summed E-state index contributed by atoms with van der Waals surface area (Å²) >= 11 is 0. The largest absolute Gasteiger partial charge is 0.462 e. The summed E-state index contributed by atoms with van der Waals surface area (Å²) in [5.41, 5.74) is 0. The number of rotatable bonds is 46. The molecule has 0 radical (unpaired) electrons. The number of hydrogen-bond acceptors (Lipinski definition) is 6. The average Bonchev–Trinajstić information content (AvgIpc) is 3.24. The van der Waals surface area contributed by atoms with Crippen LogP contribution in [0.1, 0.15) is 258 Å². The molecule has 0 aromatic rings. The zero-order valence-corrected chi connectivity index (χ0v) is 39.7. The van der Waals surface area contributed by atoms with Gasteiger partial charge in [-0.3, -0.25) is 14.4 Å². The molecule has 0 aromatic carbocycles. The van der Waals surface area contributed by atoms with Gasteiger partial charge in [-0.2, -0.15) is 0 Å². The van der Waals surface area contributed by atoms with Crippen LogP contribution in [-0.4, -0.2) is 37.2 Å². The molecular formula is C54H96O6. The first-order valence-corrected chi connectivity index (χ1v) is 25.6. The lowest BCUT2D eigenvalue weighted by atomic mass is 10.0. The summed E-state index contributed by atoms with van der Waals surface area (Å²) in [4.78, 5) is 37.7. The Bertz CT molecular complexity index is 1060. The van der Waals surface area contributed by atoms with E-state index in [-0.39, 0.29) is 31.1 Å². The first-order valence-electron chi connectivity index (χ1n) is 25.6. The Labute approximate surface area is 371 Å².